The zero-order valence-corrected chi connectivity index (χ0v) is 10.1. The Morgan fingerprint density at radius 3 is 2.69 bits per heavy atom. The molecule has 0 unspecified atom stereocenters. The van der Waals surface area contributed by atoms with E-state index in [0.717, 1.165) is 5.75 Å². The number of benzene rings is 1. The SMILES string of the molecule is CN(CCCl)C(=O)CCOc1ccccc1. The van der Waals surface area contributed by atoms with E-state index in [0.29, 0.717) is 25.5 Å². The van der Waals surface area contributed by atoms with Crippen molar-refractivity contribution in [3.8, 4) is 5.75 Å². The maximum Gasteiger partial charge on any atom is 0.225 e. The normalized spacial score (nSPS) is 9.88. The lowest BCUT2D eigenvalue weighted by molar-refractivity contribution is -0.130. The molecule has 0 aliphatic heterocycles. The zero-order chi connectivity index (χ0) is 11.8. The van der Waals surface area contributed by atoms with E-state index in [9.17, 15) is 4.79 Å². The second kappa shape index (κ2) is 7.12. The third-order valence-electron chi connectivity index (χ3n) is 2.17. The van der Waals surface area contributed by atoms with E-state index >= 15 is 0 Å². The van der Waals surface area contributed by atoms with Gasteiger partial charge in [0.05, 0.1) is 13.0 Å². The summed E-state index contributed by atoms with van der Waals surface area (Å²) in [6, 6.07) is 9.46. The van der Waals surface area contributed by atoms with Crippen molar-refractivity contribution < 1.29 is 9.53 Å². The number of rotatable bonds is 6. The van der Waals surface area contributed by atoms with Gasteiger partial charge in [0, 0.05) is 19.5 Å². The third kappa shape index (κ3) is 4.53. The number of carbonyl (C=O) groups excluding carboxylic acids is 1. The van der Waals surface area contributed by atoms with E-state index in [4.69, 9.17) is 16.3 Å². The van der Waals surface area contributed by atoms with Gasteiger partial charge in [0.1, 0.15) is 5.75 Å². The standard InChI is InChI=1S/C12H16ClNO2/c1-14(9-8-13)12(15)7-10-16-11-5-3-2-4-6-11/h2-6H,7-10H2,1H3. The molecule has 1 rings (SSSR count). The van der Waals surface area contributed by atoms with Crippen LogP contribution in [-0.2, 0) is 4.79 Å². The van der Waals surface area contributed by atoms with Crippen LogP contribution in [0.3, 0.4) is 0 Å². The molecule has 0 aliphatic rings. The Bertz CT molecular complexity index is 316. The lowest BCUT2D eigenvalue weighted by Gasteiger charge is -2.15. The molecule has 0 N–H and O–H groups in total. The highest BCUT2D eigenvalue weighted by molar-refractivity contribution is 6.18. The van der Waals surface area contributed by atoms with E-state index in [1.165, 1.54) is 0 Å². The van der Waals surface area contributed by atoms with Crippen molar-refractivity contribution in [3.05, 3.63) is 30.3 Å². The number of alkyl halides is 1. The van der Waals surface area contributed by atoms with Crippen LogP contribution in [0.5, 0.6) is 5.75 Å². The van der Waals surface area contributed by atoms with Gasteiger partial charge < -0.3 is 9.64 Å². The summed E-state index contributed by atoms with van der Waals surface area (Å²) in [6.45, 7) is 0.973. The van der Waals surface area contributed by atoms with Gasteiger partial charge in [-0.25, -0.2) is 0 Å². The Hall–Kier alpha value is -1.22. The third-order valence-corrected chi connectivity index (χ3v) is 2.34. The van der Waals surface area contributed by atoms with Crippen molar-refractivity contribution >= 4 is 17.5 Å². The minimum absolute atomic E-state index is 0.0524. The van der Waals surface area contributed by atoms with Gasteiger partial charge in [0.2, 0.25) is 5.91 Å². The fourth-order valence-corrected chi connectivity index (χ4v) is 1.47. The summed E-state index contributed by atoms with van der Waals surface area (Å²) in [5.74, 6) is 1.30. The van der Waals surface area contributed by atoms with Gasteiger partial charge >= 0.3 is 0 Å². The number of halogens is 1. The van der Waals surface area contributed by atoms with Crippen LogP contribution in [0.4, 0.5) is 0 Å². The maximum absolute atomic E-state index is 11.5. The second-order valence-electron chi connectivity index (χ2n) is 3.42. The molecular formula is C12H16ClNO2. The number of carbonyl (C=O) groups is 1. The van der Waals surface area contributed by atoms with E-state index in [-0.39, 0.29) is 5.91 Å². The van der Waals surface area contributed by atoms with Gasteiger partial charge in [-0.3, -0.25) is 4.79 Å². The van der Waals surface area contributed by atoms with Crippen molar-refractivity contribution in [2.24, 2.45) is 0 Å². The smallest absolute Gasteiger partial charge is 0.225 e. The topological polar surface area (TPSA) is 29.5 Å². The van der Waals surface area contributed by atoms with E-state index in [2.05, 4.69) is 0 Å². The molecule has 0 spiro atoms. The Labute approximate surface area is 101 Å². The lowest BCUT2D eigenvalue weighted by atomic mass is 10.3. The molecule has 0 bridgehead atoms. The summed E-state index contributed by atoms with van der Waals surface area (Å²) in [5, 5.41) is 0. The summed E-state index contributed by atoms with van der Waals surface area (Å²) in [5.41, 5.74) is 0. The Balaban J connectivity index is 2.23. The van der Waals surface area contributed by atoms with Gasteiger partial charge in [0.25, 0.3) is 0 Å². The van der Waals surface area contributed by atoms with Gasteiger partial charge in [-0.2, -0.15) is 0 Å². The summed E-state index contributed by atoms with van der Waals surface area (Å²) >= 11 is 5.55. The van der Waals surface area contributed by atoms with Crippen molar-refractivity contribution in [1.29, 1.82) is 0 Å². The molecule has 0 aromatic heterocycles. The molecule has 0 saturated heterocycles. The van der Waals surface area contributed by atoms with Crippen LogP contribution >= 0.6 is 11.6 Å². The quantitative estimate of drug-likeness (QED) is 0.715. The van der Waals surface area contributed by atoms with E-state index < -0.39 is 0 Å². The molecule has 16 heavy (non-hydrogen) atoms. The highest BCUT2D eigenvalue weighted by atomic mass is 35.5. The molecule has 0 heterocycles. The first-order chi connectivity index (χ1) is 7.74. The average Bonchev–Trinajstić information content (AvgIpc) is 2.30. The van der Waals surface area contributed by atoms with E-state index in [1.807, 2.05) is 30.3 Å². The molecule has 88 valence electrons. The van der Waals surface area contributed by atoms with Crippen molar-refractivity contribution in [2.75, 3.05) is 26.1 Å². The van der Waals surface area contributed by atoms with Gasteiger partial charge in [-0.1, -0.05) is 18.2 Å². The minimum atomic E-state index is 0.0524. The molecular weight excluding hydrogens is 226 g/mol. The number of para-hydroxylation sites is 1. The van der Waals surface area contributed by atoms with E-state index in [1.54, 1.807) is 11.9 Å². The molecule has 1 aromatic rings. The van der Waals surface area contributed by atoms with Gasteiger partial charge in [-0.15, -0.1) is 11.6 Å². The monoisotopic (exact) mass is 241 g/mol. The highest BCUT2D eigenvalue weighted by Crippen LogP contribution is 2.08. The first-order valence-corrected chi connectivity index (χ1v) is 5.75. The number of hydrogen-bond acceptors (Lipinski definition) is 2. The minimum Gasteiger partial charge on any atom is -0.493 e. The van der Waals surface area contributed by atoms with Crippen molar-refractivity contribution in [3.63, 3.8) is 0 Å². The number of hydrogen-bond donors (Lipinski definition) is 0. The van der Waals surface area contributed by atoms with Gasteiger partial charge in [0.15, 0.2) is 0 Å². The molecule has 3 nitrogen and oxygen atoms in total. The molecule has 0 atom stereocenters. The lowest BCUT2D eigenvalue weighted by Crippen LogP contribution is -2.29. The van der Waals surface area contributed by atoms with Crippen LogP contribution in [0.2, 0.25) is 0 Å². The van der Waals surface area contributed by atoms with Gasteiger partial charge in [-0.05, 0) is 12.1 Å². The predicted octanol–water partition coefficient (Wildman–Crippen LogP) is 2.15. The van der Waals surface area contributed by atoms with Crippen LogP contribution in [0.1, 0.15) is 6.42 Å². The van der Waals surface area contributed by atoms with Crippen molar-refractivity contribution in [2.45, 2.75) is 6.42 Å². The first-order valence-electron chi connectivity index (χ1n) is 5.22. The number of ether oxygens (including phenoxy) is 1. The van der Waals surface area contributed by atoms with Crippen LogP contribution in [-0.4, -0.2) is 36.9 Å². The molecule has 1 amide bonds. The summed E-state index contributed by atoms with van der Waals surface area (Å²) in [4.78, 5) is 13.1. The highest BCUT2D eigenvalue weighted by Gasteiger charge is 2.07. The molecule has 1 aromatic carbocycles. The predicted molar refractivity (Wildman–Crippen MR) is 64.9 cm³/mol. The van der Waals surface area contributed by atoms with Crippen LogP contribution in [0.15, 0.2) is 30.3 Å². The van der Waals surface area contributed by atoms with Crippen LogP contribution in [0, 0.1) is 0 Å². The molecule has 0 fully saturated rings. The zero-order valence-electron chi connectivity index (χ0n) is 9.36. The molecule has 0 aliphatic carbocycles. The maximum atomic E-state index is 11.5. The van der Waals surface area contributed by atoms with Crippen molar-refractivity contribution in [1.82, 2.24) is 4.90 Å². The number of nitrogens with zero attached hydrogens (tertiary/aromatic N) is 1. The summed E-state index contributed by atoms with van der Waals surface area (Å²) in [7, 11) is 1.74. The van der Waals surface area contributed by atoms with Crippen LogP contribution in [0.25, 0.3) is 0 Å². The second-order valence-corrected chi connectivity index (χ2v) is 3.79. The number of amides is 1. The summed E-state index contributed by atoms with van der Waals surface area (Å²) < 4.78 is 5.42. The Kier molecular flexibility index (Phi) is 5.72. The van der Waals surface area contributed by atoms with Crippen LogP contribution < -0.4 is 4.74 Å². The molecule has 0 radical (unpaired) electrons. The fraction of sp³-hybridized carbons (Fsp3) is 0.417. The Morgan fingerprint density at radius 2 is 2.06 bits per heavy atom. The largest absolute Gasteiger partial charge is 0.493 e. The fourth-order valence-electron chi connectivity index (χ4n) is 1.22. The summed E-state index contributed by atoms with van der Waals surface area (Å²) in [6.07, 6.45) is 0.377. The first kappa shape index (κ1) is 12.8. The average molecular weight is 242 g/mol. The molecule has 4 heteroatoms. The molecule has 0 saturated carbocycles. The Morgan fingerprint density at radius 1 is 1.38 bits per heavy atom.